The Kier molecular flexibility index (Phi) is 3.78. The van der Waals surface area contributed by atoms with Gasteiger partial charge in [-0.3, -0.25) is 0 Å². The van der Waals surface area contributed by atoms with Gasteiger partial charge in [0.05, 0.1) is 32.5 Å². The van der Waals surface area contributed by atoms with Crippen molar-refractivity contribution in [2.75, 3.05) is 20.3 Å². The van der Waals surface area contributed by atoms with Crippen LogP contribution < -0.4 is 0 Å². The second kappa shape index (κ2) is 6.09. The summed E-state index contributed by atoms with van der Waals surface area (Å²) in [6.45, 7) is 1.89. The lowest BCUT2D eigenvalue weighted by Crippen LogP contribution is -2.11. The first kappa shape index (κ1) is 14.9. The third kappa shape index (κ3) is 2.56. The van der Waals surface area contributed by atoms with Crippen LogP contribution in [0.1, 0.15) is 28.6 Å². The Morgan fingerprint density at radius 3 is 3.08 bits per heavy atom. The normalized spacial score (nSPS) is 17.5. The number of hydrogen-bond acceptors (Lipinski definition) is 5. The van der Waals surface area contributed by atoms with Gasteiger partial charge in [-0.1, -0.05) is 23.4 Å². The van der Waals surface area contributed by atoms with Crippen molar-refractivity contribution >= 4 is 16.9 Å². The van der Waals surface area contributed by atoms with Crippen LogP contribution in [0.25, 0.3) is 10.9 Å². The Morgan fingerprint density at radius 2 is 2.29 bits per heavy atom. The van der Waals surface area contributed by atoms with Crippen molar-refractivity contribution in [2.45, 2.75) is 19.0 Å². The number of fused-ring (bicyclic) bond motifs is 1. The predicted molar refractivity (Wildman–Crippen MR) is 86.9 cm³/mol. The van der Waals surface area contributed by atoms with Crippen LogP contribution in [-0.4, -0.2) is 45.9 Å². The van der Waals surface area contributed by atoms with E-state index in [1.807, 2.05) is 45.8 Å². The van der Waals surface area contributed by atoms with Gasteiger partial charge in [-0.15, -0.1) is 5.10 Å². The summed E-state index contributed by atoms with van der Waals surface area (Å²) >= 11 is 0. The summed E-state index contributed by atoms with van der Waals surface area (Å²) in [5.41, 5.74) is 2.28. The van der Waals surface area contributed by atoms with Crippen LogP contribution in [0.15, 0.2) is 36.5 Å². The Morgan fingerprint density at radius 1 is 1.42 bits per heavy atom. The number of carbonyl (C=O) groups is 1. The molecule has 1 aliphatic rings. The van der Waals surface area contributed by atoms with Gasteiger partial charge < -0.3 is 14.0 Å². The molecule has 0 unspecified atom stereocenters. The van der Waals surface area contributed by atoms with Gasteiger partial charge in [0.25, 0.3) is 0 Å². The molecule has 1 aliphatic heterocycles. The third-order valence-corrected chi connectivity index (χ3v) is 4.36. The van der Waals surface area contributed by atoms with E-state index in [0.717, 1.165) is 29.6 Å². The summed E-state index contributed by atoms with van der Waals surface area (Å²) in [5, 5.41) is 9.46. The van der Waals surface area contributed by atoms with Crippen molar-refractivity contribution in [3.8, 4) is 0 Å². The number of rotatable bonds is 4. The van der Waals surface area contributed by atoms with Crippen LogP contribution in [0.4, 0.5) is 0 Å². The molecule has 1 atom stereocenters. The minimum absolute atomic E-state index is 0.243. The molecule has 0 N–H and O–H groups in total. The van der Waals surface area contributed by atoms with Crippen molar-refractivity contribution in [1.29, 1.82) is 0 Å². The molecule has 3 heterocycles. The number of esters is 1. The Hall–Kier alpha value is -2.67. The van der Waals surface area contributed by atoms with Crippen LogP contribution in [-0.2, 0) is 16.0 Å². The topological polar surface area (TPSA) is 71.2 Å². The molecular weight excluding hydrogens is 308 g/mol. The molecule has 7 nitrogen and oxygen atoms in total. The number of benzene rings is 1. The van der Waals surface area contributed by atoms with E-state index in [4.69, 9.17) is 9.47 Å². The summed E-state index contributed by atoms with van der Waals surface area (Å²) in [5.74, 6) is -0.359. The zero-order chi connectivity index (χ0) is 16.5. The molecule has 0 bridgehead atoms. The lowest BCUT2D eigenvalue weighted by atomic mass is 10.2. The maximum Gasteiger partial charge on any atom is 0.354 e. The summed E-state index contributed by atoms with van der Waals surface area (Å²) in [4.78, 5) is 12.1. The van der Waals surface area contributed by atoms with Crippen LogP contribution in [0.2, 0.25) is 0 Å². The standard InChI is InChI=1S/C17H18N4O3/c1-23-17(22)16-8-12-4-2-3-5-15(12)20(16)9-13-10-21(19-18-13)14-6-7-24-11-14/h2-5,8,10,14H,6-7,9,11H2,1H3/t14-/m1/s1. The molecule has 4 rings (SSSR count). The molecule has 0 spiro atoms. The molecule has 0 amide bonds. The summed E-state index contributed by atoms with van der Waals surface area (Å²) in [6.07, 6.45) is 2.87. The first-order valence-corrected chi connectivity index (χ1v) is 7.91. The molecule has 0 radical (unpaired) electrons. The highest BCUT2D eigenvalue weighted by Gasteiger charge is 2.20. The first-order chi connectivity index (χ1) is 11.8. The van der Waals surface area contributed by atoms with Gasteiger partial charge >= 0.3 is 5.97 Å². The summed E-state index contributed by atoms with van der Waals surface area (Å²) in [6, 6.07) is 9.95. The largest absolute Gasteiger partial charge is 0.464 e. The fourth-order valence-electron chi connectivity index (χ4n) is 3.11. The van der Waals surface area contributed by atoms with E-state index >= 15 is 0 Å². The molecular formula is C17H18N4O3. The molecule has 3 aromatic rings. The smallest absolute Gasteiger partial charge is 0.354 e. The Balaban J connectivity index is 1.69. The van der Waals surface area contributed by atoms with E-state index in [1.54, 1.807) is 0 Å². The molecule has 1 saturated heterocycles. The van der Waals surface area contributed by atoms with E-state index in [2.05, 4.69) is 10.3 Å². The summed E-state index contributed by atoms with van der Waals surface area (Å²) < 4.78 is 14.1. The van der Waals surface area contributed by atoms with Crippen molar-refractivity contribution < 1.29 is 14.3 Å². The van der Waals surface area contributed by atoms with Crippen molar-refractivity contribution in [1.82, 2.24) is 19.6 Å². The quantitative estimate of drug-likeness (QED) is 0.686. The monoisotopic (exact) mass is 326 g/mol. The Bertz CT molecular complexity index is 877. The van der Waals surface area contributed by atoms with Crippen LogP contribution in [0.3, 0.4) is 0 Å². The molecule has 0 aliphatic carbocycles. The van der Waals surface area contributed by atoms with Crippen LogP contribution in [0.5, 0.6) is 0 Å². The minimum Gasteiger partial charge on any atom is -0.464 e. The number of ether oxygens (including phenoxy) is 2. The molecule has 124 valence electrons. The van der Waals surface area contributed by atoms with E-state index < -0.39 is 0 Å². The number of hydrogen-bond donors (Lipinski definition) is 0. The fourth-order valence-corrected chi connectivity index (χ4v) is 3.11. The maximum absolute atomic E-state index is 12.1. The molecule has 24 heavy (non-hydrogen) atoms. The second-order valence-corrected chi connectivity index (χ2v) is 5.87. The molecule has 7 heteroatoms. The lowest BCUT2D eigenvalue weighted by Gasteiger charge is -2.08. The van der Waals surface area contributed by atoms with Gasteiger partial charge in [0.1, 0.15) is 11.4 Å². The number of nitrogens with zero attached hydrogens (tertiary/aromatic N) is 4. The molecule has 1 fully saturated rings. The zero-order valence-electron chi connectivity index (χ0n) is 13.4. The van der Waals surface area contributed by atoms with Crippen molar-refractivity contribution in [2.24, 2.45) is 0 Å². The fraction of sp³-hybridized carbons (Fsp3) is 0.353. The van der Waals surface area contributed by atoms with E-state index in [1.165, 1.54) is 7.11 Å². The van der Waals surface area contributed by atoms with Gasteiger partial charge in [-0.05, 0) is 18.6 Å². The maximum atomic E-state index is 12.1. The highest BCUT2D eigenvalue weighted by Crippen LogP contribution is 2.22. The van der Waals surface area contributed by atoms with Crippen molar-refractivity contribution in [3.63, 3.8) is 0 Å². The number of carbonyl (C=O) groups excluding carboxylic acids is 1. The van der Waals surface area contributed by atoms with E-state index in [0.29, 0.717) is 18.8 Å². The number of para-hydroxylation sites is 1. The first-order valence-electron chi connectivity index (χ1n) is 7.91. The number of methoxy groups -OCH3 is 1. The second-order valence-electron chi connectivity index (χ2n) is 5.87. The molecule has 0 saturated carbocycles. The highest BCUT2D eigenvalue weighted by molar-refractivity contribution is 5.95. The van der Waals surface area contributed by atoms with Gasteiger partial charge in [0.15, 0.2) is 0 Å². The third-order valence-electron chi connectivity index (χ3n) is 4.36. The predicted octanol–water partition coefficient (Wildman–Crippen LogP) is 2.03. The van der Waals surface area contributed by atoms with Crippen LogP contribution in [0, 0.1) is 0 Å². The zero-order valence-corrected chi connectivity index (χ0v) is 13.4. The van der Waals surface area contributed by atoms with Crippen molar-refractivity contribution in [3.05, 3.63) is 47.9 Å². The molecule has 1 aromatic carbocycles. The van der Waals surface area contributed by atoms with Gasteiger partial charge in [-0.2, -0.15) is 0 Å². The average molecular weight is 326 g/mol. The molecule has 2 aromatic heterocycles. The van der Waals surface area contributed by atoms with Crippen LogP contribution >= 0.6 is 0 Å². The van der Waals surface area contributed by atoms with Gasteiger partial charge in [0, 0.05) is 17.5 Å². The SMILES string of the molecule is COC(=O)c1cc2ccccc2n1Cc1cn([C@@H]2CCOC2)nn1. The van der Waals surface area contributed by atoms with E-state index in [9.17, 15) is 4.79 Å². The van der Waals surface area contributed by atoms with Gasteiger partial charge in [0.2, 0.25) is 0 Å². The average Bonchev–Trinajstić information content (AvgIpc) is 3.34. The Labute approximate surface area is 138 Å². The van der Waals surface area contributed by atoms with E-state index in [-0.39, 0.29) is 12.0 Å². The number of aromatic nitrogens is 4. The summed E-state index contributed by atoms with van der Waals surface area (Å²) in [7, 11) is 1.39. The minimum atomic E-state index is -0.359. The lowest BCUT2D eigenvalue weighted by molar-refractivity contribution is 0.0589. The van der Waals surface area contributed by atoms with Gasteiger partial charge in [-0.25, -0.2) is 9.48 Å². The highest BCUT2D eigenvalue weighted by atomic mass is 16.5.